The number of piperidine rings is 1. The van der Waals surface area contributed by atoms with E-state index in [0.29, 0.717) is 26.4 Å². The van der Waals surface area contributed by atoms with E-state index in [1.54, 1.807) is 7.11 Å². The van der Waals surface area contributed by atoms with Crippen molar-refractivity contribution in [2.24, 2.45) is 5.41 Å². The van der Waals surface area contributed by atoms with Crippen molar-refractivity contribution >= 4 is 11.6 Å². The smallest absolute Gasteiger partial charge is 0.233 e. The van der Waals surface area contributed by atoms with Crippen molar-refractivity contribution in [3.8, 4) is 5.75 Å². The van der Waals surface area contributed by atoms with Crippen LogP contribution < -0.4 is 15.4 Å². The summed E-state index contributed by atoms with van der Waals surface area (Å²) in [6.45, 7) is 3.55. The lowest BCUT2D eigenvalue weighted by atomic mass is 9.78. The summed E-state index contributed by atoms with van der Waals surface area (Å²) in [7, 11) is 1.65. The summed E-state index contributed by atoms with van der Waals surface area (Å²) < 4.78 is 16.7. The second-order valence-corrected chi connectivity index (χ2v) is 7.33. The monoisotopic (exact) mass is 398 g/mol. The molecule has 2 N–H and O–H groups in total. The molecule has 2 aromatic carbocycles. The molecule has 0 radical (unpaired) electrons. The molecule has 0 saturated carbocycles. The molecule has 0 spiro atoms. The molecule has 1 fully saturated rings. The van der Waals surface area contributed by atoms with Crippen LogP contribution in [-0.4, -0.2) is 45.9 Å². The second-order valence-electron chi connectivity index (χ2n) is 7.33. The fourth-order valence-corrected chi connectivity index (χ4v) is 3.55. The molecule has 156 valence electrons. The zero-order valence-corrected chi connectivity index (χ0v) is 17.0. The van der Waals surface area contributed by atoms with Crippen molar-refractivity contribution in [1.29, 1.82) is 0 Å². The Morgan fingerprint density at radius 2 is 1.86 bits per heavy atom. The van der Waals surface area contributed by atoms with Crippen LogP contribution >= 0.6 is 0 Å². The van der Waals surface area contributed by atoms with Gasteiger partial charge in [-0.15, -0.1) is 0 Å². The normalized spacial score (nSPS) is 15.6. The van der Waals surface area contributed by atoms with E-state index < -0.39 is 5.41 Å². The Kier molecular flexibility index (Phi) is 8.04. The van der Waals surface area contributed by atoms with Crippen LogP contribution in [0.15, 0.2) is 54.6 Å². The van der Waals surface area contributed by atoms with E-state index in [9.17, 15) is 4.79 Å². The maximum Gasteiger partial charge on any atom is 0.233 e. The topological polar surface area (TPSA) is 68.8 Å². The number of rotatable bonds is 10. The number of benzene rings is 2. The highest BCUT2D eigenvalue weighted by Crippen LogP contribution is 2.31. The highest BCUT2D eigenvalue weighted by molar-refractivity contribution is 5.95. The zero-order valence-electron chi connectivity index (χ0n) is 17.0. The van der Waals surface area contributed by atoms with Gasteiger partial charge in [0.05, 0.1) is 25.2 Å². The molecule has 1 saturated heterocycles. The summed E-state index contributed by atoms with van der Waals surface area (Å²) in [5.41, 5.74) is 1.32. The summed E-state index contributed by atoms with van der Waals surface area (Å²) in [4.78, 5) is 13.0. The number of hydrogen-bond donors (Lipinski definition) is 2. The fraction of sp³-hybridized carbons (Fsp3) is 0.435. The van der Waals surface area contributed by atoms with Crippen molar-refractivity contribution < 1.29 is 19.0 Å². The van der Waals surface area contributed by atoms with Crippen molar-refractivity contribution in [3.63, 3.8) is 0 Å². The Bertz CT molecular complexity index is 755. The van der Waals surface area contributed by atoms with Crippen LogP contribution in [0, 0.1) is 5.41 Å². The van der Waals surface area contributed by atoms with E-state index in [1.165, 1.54) is 0 Å². The third-order valence-electron chi connectivity index (χ3n) is 5.16. The van der Waals surface area contributed by atoms with Gasteiger partial charge in [0.25, 0.3) is 0 Å². The molecule has 2 aromatic rings. The summed E-state index contributed by atoms with van der Waals surface area (Å²) in [6.07, 6.45) is 1.55. The van der Waals surface area contributed by atoms with Gasteiger partial charge < -0.3 is 24.8 Å². The highest BCUT2D eigenvalue weighted by atomic mass is 16.5. The maximum absolute atomic E-state index is 13.0. The van der Waals surface area contributed by atoms with Crippen LogP contribution in [0.4, 0.5) is 5.69 Å². The molecule has 0 bridgehead atoms. The minimum absolute atomic E-state index is 0.0233. The molecule has 1 heterocycles. The standard InChI is InChI=1S/C23H30N2O4/c1-27-18-23(10-12-24-13-11-23)22(26)25-20-7-5-6-19(16-20)17-28-14-15-29-21-8-3-2-4-9-21/h2-9,16,24H,10-15,17-18H2,1H3,(H,25,26). The minimum Gasteiger partial charge on any atom is -0.491 e. The van der Waals surface area contributed by atoms with Crippen LogP contribution in [0.25, 0.3) is 0 Å². The van der Waals surface area contributed by atoms with Crippen molar-refractivity contribution in [3.05, 3.63) is 60.2 Å². The molecule has 1 amide bonds. The molecular weight excluding hydrogens is 368 g/mol. The molecule has 6 heteroatoms. The lowest BCUT2D eigenvalue weighted by molar-refractivity contribution is -0.130. The van der Waals surface area contributed by atoms with Crippen LogP contribution in [0.5, 0.6) is 5.75 Å². The number of nitrogens with one attached hydrogen (secondary N) is 2. The van der Waals surface area contributed by atoms with E-state index >= 15 is 0 Å². The van der Waals surface area contributed by atoms with Gasteiger partial charge in [0.15, 0.2) is 0 Å². The summed E-state index contributed by atoms with van der Waals surface area (Å²) in [6, 6.07) is 17.5. The lowest BCUT2D eigenvalue weighted by Gasteiger charge is -2.35. The van der Waals surface area contributed by atoms with Gasteiger partial charge in [-0.25, -0.2) is 0 Å². The zero-order chi connectivity index (χ0) is 20.4. The number of amides is 1. The van der Waals surface area contributed by atoms with E-state index in [0.717, 1.165) is 42.9 Å². The highest BCUT2D eigenvalue weighted by Gasteiger charge is 2.39. The fourth-order valence-electron chi connectivity index (χ4n) is 3.55. The van der Waals surface area contributed by atoms with Crippen LogP contribution in [0.3, 0.4) is 0 Å². The van der Waals surface area contributed by atoms with Gasteiger partial charge in [-0.05, 0) is 55.8 Å². The van der Waals surface area contributed by atoms with E-state index in [1.807, 2.05) is 54.6 Å². The molecule has 1 aliphatic heterocycles. The molecule has 29 heavy (non-hydrogen) atoms. The van der Waals surface area contributed by atoms with Crippen molar-refractivity contribution in [2.75, 3.05) is 45.3 Å². The molecule has 0 aromatic heterocycles. The number of ether oxygens (including phenoxy) is 3. The van der Waals surface area contributed by atoms with E-state index in [2.05, 4.69) is 10.6 Å². The first kappa shape index (κ1) is 21.3. The third kappa shape index (κ3) is 6.29. The lowest BCUT2D eigenvalue weighted by Crippen LogP contribution is -2.47. The average Bonchev–Trinajstić information content (AvgIpc) is 2.75. The van der Waals surface area contributed by atoms with E-state index in [-0.39, 0.29) is 5.91 Å². The Labute approximate surface area is 172 Å². The van der Waals surface area contributed by atoms with Gasteiger partial charge >= 0.3 is 0 Å². The predicted octanol–water partition coefficient (Wildman–Crippen LogP) is 3.24. The number of hydrogen-bond acceptors (Lipinski definition) is 5. The summed E-state index contributed by atoms with van der Waals surface area (Å²) in [5, 5.41) is 6.38. The first-order valence-corrected chi connectivity index (χ1v) is 10.1. The summed E-state index contributed by atoms with van der Waals surface area (Å²) in [5.74, 6) is 0.860. The Hall–Kier alpha value is -2.41. The number of carbonyl (C=O) groups excluding carboxylic acids is 1. The number of para-hydroxylation sites is 1. The third-order valence-corrected chi connectivity index (χ3v) is 5.16. The molecule has 0 unspecified atom stereocenters. The number of methoxy groups -OCH3 is 1. The van der Waals surface area contributed by atoms with Gasteiger partial charge in [0.1, 0.15) is 12.4 Å². The quantitative estimate of drug-likeness (QED) is 0.602. The SMILES string of the molecule is COCC1(C(=O)Nc2cccc(COCCOc3ccccc3)c2)CCNCC1. The molecule has 6 nitrogen and oxygen atoms in total. The average molecular weight is 399 g/mol. The molecule has 1 aliphatic rings. The second kappa shape index (κ2) is 11.0. The Morgan fingerprint density at radius 1 is 1.07 bits per heavy atom. The first-order valence-electron chi connectivity index (χ1n) is 10.1. The predicted molar refractivity (Wildman–Crippen MR) is 113 cm³/mol. The minimum atomic E-state index is -0.471. The van der Waals surface area contributed by atoms with Crippen LogP contribution in [0.2, 0.25) is 0 Å². The molecule has 3 rings (SSSR count). The van der Waals surface area contributed by atoms with Gasteiger partial charge in [0.2, 0.25) is 5.91 Å². The largest absolute Gasteiger partial charge is 0.491 e. The van der Waals surface area contributed by atoms with Crippen LogP contribution in [-0.2, 0) is 20.9 Å². The number of carbonyl (C=O) groups is 1. The Balaban J connectivity index is 1.47. The molecule has 0 aliphatic carbocycles. The van der Waals surface area contributed by atoms with Gasteiger partial charge in [-0.2, -0.15) is 0 Å². The van der Waals surface area contributed by atoms with Crippen LogP contribution in [0.1, 0.15) is 18.4 Å². The Morgan fingerprint density at radius 3 is 2.62 bits per heavy atom. The maximum atomic E-state index is 13.0. The van der Waals surface area contributed by atoms with Gasteiger partial charge in [-0.3, -0.25) is 4.79 Å². The van der Waals surface area contributed by atoms with Gasteiger partial charge in [0, 0.05) is 12.8 Å². The summed E-state index contributed by atoms with van der Waals surface area (Å²) >= 11 is 0. The van der Waals surface area contributed by atoms with Gasteiger partial charge in [-0.1, -0.05) is 30.3 Å². The van der Waals surface area contributed by atoms with Crippen molar-refractivity contribution in [1.82, 2.24) is 5.32 Å². The number of anilines is 1. The van der Waals surface area contributed by atoms with Crippen molar-refractivity contribution in [2.45, 2.75) is 19.4 Å². The molecule has 0 atom stereocenters. The first-order chi connectivity index (χ1) is 14.2. The molecular formula is C23H30N2O4. The van der Waals surface area contributed by atoms with E-state index in [4.69, 9.17) is 14.2 Å².